The number of nitrogens with one attached hydrogen (secondary N) is 1. The second-order valence-corrected chi connectivity index (χ2v) is 3.80. The minimum atomic E-state index is -0.163. The first-order valence-electron chi connectivity index (χ1n) is 5.08. The van der Waals surface area contributed by atoms with Crippen LogP contribution in [0.4, 0.5) is 0 Å². The number of hydrogen-bond donors (Lipinski definition) is 1. The van der Waals surface area contributed by atoms with E-state index in [0.717, 1.165) is 13.0 Å². The van der Waals surface area contributed by atoms with Crippen LogP contribution in [0.3, 0.4) is 0 Å². The lowest BCUT2D eigenvalue weighted by atomic mass is 10.1. The number of carbonyl (C=O) groups excluding carboxylic acids is 1. The standard InChI is InChI=1S/C10H19NO3/c1-7(10(12)13-3)6-11-9-4-5-14-8(9)2/h7-9,11H,4-6H2,1-3H3. The normalized spacial score (nSPS) is 28.8. The van der Waals surface area contributed by atoms with E-state index in [0.29, 0.717) is 12.6 Å². The van der Waals surface area contributed by atoms with Crippen LogP contribution in [0.25, 0.3) is 0 Å². The van der Waals surface area contributed by atoms with Crippen molar-refractivity contribution in [2.24, 2.45) is 5.92 Å². The maximum atomic E-state index is 11.1. The van der Waals surface area contributed by atoms with Crippen molar-refractivity contribution in [2.45, 2.75) is 32.4 Å². The molecule has 0 aromatic carbocycles. The quantitative estimate of drug-likeness (QED) is 0.675. The number of rotatable bonds is 4. The van der Waals surface area contributed by atoms with Gasteiger partial charge in [-0.1, -0.05) is 6.92 Å². The highest BCUT2D eigenvalue weighted by molar-refractivity contribution is 5.72. The van der Waals surface area contributed by atoms with E-state index >= 15 is 0 Å². The molecule has 4 heteroatoms. The summed E-state index contributed by atoms with van der Waals surface area (Å²) in [7, 11) is 1.42. The Morgan fingerprint density at radius 2 is 2.43 bits per heavy atom. The first-order valence-corrected chi connectivity index (χ1v) is 5.08. The molecule has 1 fully saturated rings. The first-order chi connectivity index (χ1) is 6.65. The lowest BCUT2D eigenvalue weighted by Gasteiger charge is -2.18. The molecular formula is C10H19NO3. The van der Waals surface area contributed by atoms with Gasteiger partial charge in [0.25, 0.3) is 0 Å². The van der Waals surface area contributed by atoms with Crippen molar-refractivity contribution in [3.8, 4) is 0 Å². The van der Waals surface area contributed by atoms with Gasteiger partial charge in [0.2, 0.25) is 0 Å². The highest BCUT2D eigenvalue weighted by Gasteiger charge is 2.24. The van der Waals surface area contributed by atoms with Crippen molar-refractivity contribution in [2.75, 3.05) is 20.3 Å². The van der Waals surface area contributed by atoms with Gasteiger partial charge in [0.05, 0.1) is 19.1 Å². The summed E-state index contributed by atoms with van der Waals surface area (Å²) in [5.74, 6) is -0.253. The Kier molecular flexibility index (Phi) is 4.35. The van der Waals surface area contributed by atoms with Gasteiger partial charge >= 0.3 is 5.97 Å². The van der Waals surface area contributed by atoms with Crippen LogP contribution >= 0.6 is 0 Å². The van der Waals surface area contributed by atoms with E-state index in [-0.39, 0.29) is 18.0 Å². The molecule has 0 aromatic rings. The van der Waals surface area contributed by atoms with Crippen molar-refractivity contribution in [3.63, 3.8) is 0 Å². The summed E-state index contributed by atoms with van der Waals surface area (Å²) in [6, 6.07) is 0.377. The fourth-order valence-corrected chi connectivity index (χ4v) is 1.61. The summed E-state index contributed by atoms with van der Waals surface area (Å²) in [4.78, 5) is 11.1. The van der Waals surface area contributed by atoms with Crippen LogP contribution in [0, 0.1) is 5.92 Å². The molecule has 1 rings (SSSR count). The topological polar surface area (TPSA) is 47.6 Å². The van der Waals surface area contributed by atoms with Crippen molar-refractivity contribution >= 4 is 5.97 Å². The Hall–Kier alpha value is -0.610. The molecule has 82 valence electrons. The molecule has 0 saturated carbocycles. The SMILES string of the molecule is COC(=O)C(C)CNC1CCOC1C. The zero-order valence-corrected chi connectivity index (χ0v) is 9.08. The fourth-order valence-electron chi connectivity index (χ4n) is 1.61. The maximum Gasteiger partial charge on any atom is 0.309 e. The van der Waals surface area contributed by atoms with Crippen LogP contribution in [0.15, 0.2) is 0 Å². The van der Waals surface area contributed by atoms with E-state index < -0.39 is 0 Å². The Bertz CT molecular complexity index is 196. The average molecular weight is 201 g/mol. The molecule has 1 aliphatic rings. The summed E-state index contributed by atoms with van der Waals surface area (Å²) in [6.45, 7) is 5.38. The number of methoxy groups -OCH3 is 1. The van der Waals surface area contributed by atoms with E-state index in [1.807, 2.05) is 13.8 Å². The molecule has 14 heavy (non-hydrogen) atoms. The predicted octanol–water partition coefficient (Wildman–Crippen LogP) is 0.562. The Balaban J connectivity index is 2.22. The molecular weight excluding hydrogens is 182 g/mol. The monoisotopic (exact) mass is 201 g/mol. The van der Waals surface area contributed by atoms with Crippen molar-refractivity contribution in [1.29, 1.82) is 0 Å². The van der Waals surface area contributed by atoms with E-state index in [9.17, 15) is 4.79 Å². The number of ether oxygens (including phenoxy) is 2. The minimum Gasteiger partial charge on any atom is -0.469 e. The van der Waals surface area contributed by atoms with Crippen LogP contribution in [0.1, 0.15) is 20.3 Å². The van der Waals surface area contributed by atoms with Crippen LogP contribution in [0.5, 0.6) is 0 Å². The summed E-state index contributed by atoms with van der Waals surface area (Å²) >= 11 is 0. The van der Waals surface area contributed by atoms with Crippen LogP contribution < -0.4 is 5.32 Å². The molecule has 0 radical (unpaired) electrons. The number of esters is 1. The van der Waals surface area contributed by atoms with E-state index in [1.165, 1.54) is 7.11 Å². The number of hydrogen-bond acceptors (Lipinski definition) is 4. The maximum absolute atomic E-state index is 11.1. The fraction of sp³-hybridized carbons (Fsp3) is 0.900. The van der Waals surface area contributed by atoms with Crippen molar-refractivity contribution in [3.05, 3.63) is 0 Å². The summed E-state index contributed by atoms with van der Waals surface area (Å²) in [6.07, 6.45) is 1.27. The first kappa shape index (κ1) is 11.5. The molecule has 4 nitrogen and oxygen atoms in total. The Morgan fingerprint density at radius 1 is 1.71 bits per heavy atom. The molecule has 3 atom stereocenters. The van der Waals surface area contributed by atoms with Gasteiger partial charge in [0, 0.05) is 19.2 Å². The van der Waals surface area contributed by atoms with Crippen LogP contribution in [-0.2, 0) is 14.3 Å². The van der Waals surface area contributed by atoms with E-state index in [2.05, 4.69) is 10.1 Å². The smallest absolute Gasteiger partial charge is 0.309 e. The largest absolute Gasteiger partial charge is 0.469 e. The molecule has 1 saturated heterocycles. The van der Waals surface area contributed by atoms with Crippen LogP contribution in [0.2, 0.25) is 0 Å². The van der Waals surface area contributed by atoms with Gasteiger partial charge in [-0.2, -0.15) is 0 Å². The van der Waals surface area contributed by atoms with E-state index in [1.54, 1.807) is 0 Å². The molecule has 1 aliphatic heterocycles. The van der Waals surface area contributed by atoms with E-state index in [4.69, 9.17) is 4.74 Å². The second kappa shape index (κ2) is 5.32. The Labute approximate surface area is 85.0 Å². The average Bonchev–Trinajstić information content (AvgIpc) is 2.59. The van der Waals surface area contributed by atoms with Gasteiger partial charge in [-0.15, -0.1) is 0 Å². The lowest BCUT2D eigenvalue weighted by molar-refractivity contribution is -0.144. The van der Waals surface area contributed by atoms with Gasteiger partial charge in [-0.3, -0.25) is 4.79 Å². The molecule has 3 unspecified atom stereocenters. The third-order valence-corrected chi connectivity index (χ3v) is 2.67. The molecule has 0 bridgehead atoms. The van der Waals surface area contributed by atoms with Crippen molar-refractivity contribution in [1.82, 2.24) is 5.32 Å². The molecule has 0 aliphatic carbocycles. The third kappa shape index (κ3) is 2.96. The molecule has 1 N–H and O–H groups in total. The zero-order valence-electron chi connectivity index (χ0n) is 9.08. The summed E-state index contributed by atoms with van der Waals surface area (Å²) in [5.41, 5.74) is 0. The lowest BCUT2D eigenvalue weighted by Crippen LogP contribution is -2.39. The summed E-state index contributed by atoms with van der Waals surface area (Å²) < 4.78 is 10.0. The highest BCUT2D eigenvalue weighted by atomic mass is 16.5. The van der Waals surface area contributed by atoms with Gasteiger partial charge in [-0.25, -0.2) is 0 Å². The van der Waals surface area contributed by atoms with Gasteiger partial charge < -0.3 is 14.8 Å². The molecule has 0 spiro atoms. The highest BCUT2D eigenvalue weighted by Crippen LogP contribution is 2.12. The van der Waals surface area contributed by atoms with Gasteiger partial charge in [0.1, 0.15) is 0 Å². The number of carbonyl (C=O) groups is 1. The van der Waals surface area contributed by atoms with Crippen molar-refractivity contribution < 1.29 is 14.3 Å². The van der Waals surface area contributed by atoms with Gasteiger partial charge in [-0.05, 0) is 13.3 Å². The Morgan fingerprint density at radius 3 is 2.93 bits per heavy atom. The van der Waals surface area contributed by atoms with Gasteiger partial charge in [0.15, 0.2) is 0 Å². The minimum absolute atomic E-state index is 0.0900. The second-order valence-electron chi connectivity index (χ2n) is 3.80. The zero-order chi connectivity index (χ0) is 10.6. The van der Waals surface area contributed by atoms with Crippen LogP contribution in [-0.4, -0.2) is 38.4 Å². The molecule has 0 aromatic heterocycles. The molecule has 1 heterocycles. The summed E-state index contributed by atoms with van der Waals surface area (Å²) in [5, 5.41) is 3.32. The molecule has 0 amide bonds. The predicted molar refractivity (Wildman–Crippen MR) is 53.0 cm³/mol. The third-order valence-electron chi connectivity index (χ3n) is 2.67.